The zero-order chi connectivity index (χ0) is 39.7. The van der Waals surface area contributed by atoms with Crippen molar-refractivity contribution in [3.8, 4) is 0 Å². The molecule has 314 valence electrons. The smallest absolute Gasteiger partial charge is 0.410 e. The molecular formula is C40H76N6O8. The number of hydrogen-bond acceptors (Lipinski definition) is 12. The number of ketones is 1. The molecule has 6 aliphatic rings. The summed E-state index contributed by atoms with van der Waals surface area (Å²) >= 11 is 0. The van der Waals surface area contributed by atoms with Crippen molar-refractivity contribution in [1.29, 1.82) is 0 Å². The third-order valence-electron chi connectivity index (χ3n) is 10.8. The van der Waals surface area contributed by atoms with Crippen molar-refractivity contribution in [1.82, 2.24) is 30.2 Å². The zero-order valence-corrected chi connectivity index (χ0v) is 35.3. The van der Waals surface area contributed by atoms with Crippen LogP contribution in [-0.2, 0) is 28.5 Å². The van der Waals surface area contributed by atoms with E-state index in [0.717, 1.165) is 71.1 Å². The van der Waals surface area contributed by atoms with Gasteiger partial charge < -0.3 is 44.1 Å². The van der Waals surface area contributed by atoms with Crippen molar-refractivity contribution >= 4 is 18.0 Å². The number of methoxy groups -OCH3 is 3. The molecule has 0 radical (unpaired) electrons. The average molecular weight is 769 g/mol. The number of likely N-dealkylation sites (tertiary alicyclic amines) is 4. The third-order valence-corrected chi connectivity index (χ3v) is 10.8. The fourth-order valence-electron chi connectivity index (χ4n) is 7.56. The molecule has 14 heteroatoms. The van der Waals surface area contributed by atoms with Gasteiger partial charge in [-0.05, 0) is 106 Å². The molecule has 2 amide bonds. The van der Waals surface area contributed by atoms with Crippen LogP contribution in [0, 0.1) is 0 Å². The first-order valence-electron chi connectivity index (χ1n) is 20.6. The molecule has 0 aromatic carbocycles. The number of nitrogens with zero attached hydrogens (tertiary/aromatic N) is 4. The largest absolute Gasteiger partial charge is 0.444 e. The van der Waals surface area contributed by atoms with Crippen molar-refractivity contribution in [3.05, 3.63) is 0 Å². The average Bonchev–Trinajstić information content (AvgIpc) is 3.95. The molecule has 3 atom stereocenters. The molecule has 6 saturated heterocycles. The molecule has 0 aliphatic carbocycles. The lowest BCUT2D eigenvalue weighted by Crippen LogP contribution is -2.47. The lowest BCUT2D eigenvalue weighted by Gasteiger charge is -2.37. The highest BCUT2D eigenvalue weighted by Gasteiger charge is 2.33. The predicted molar refractivity (Wildman–Crippen MR) is 211 cm³/mol. The predicted octanol–water partition coefficient (Wildman–Crippen LogP) is 4.15. The van der Waals surface area contributed by atoms with Gasteiger partial charge in [0.1, 0.15) is 17.0 Å². The normalized spacial score (nSPS) is 26.2. The minimum absolute atomic E-state index is 0.174. The number of carbonyl (C=O) groups is 3. The number of hydrogen-bond donors (Lipinski definition) is 2. The van der Waals surface area contributed by atoms with Gasteiger partial charge >= 0.3 is 12.2 Å². The lowest BCUT2D eigenvalue weighted by atomic mass is 10.0. The Bertz CT molecular complexity index is 1090. The molecule has 0 saturated carbocycles. The fourth-order valence-corrected chi connectivity index (χ4v) is 7.56. The number of amides is 2. The summed E-state index contributed by atoms with van der Waals surface area (Å²) in [5.41, 5.74) is -0.868. The van der Waals surface area contributed by atoms with Crippen molar-refractivity contribution < 1.29 is 38.1 Å². The third kappa shape index (κ3) is 17.4. The number of ether oxygens (including phenoxy) is 5. The first-order chi connectivity index (χ1) is 25.6. The van der Waals surface area contributed by atoms with Gasteiger partial charge in [-0.2, -0.15) is 0 Å². The Morgan fingerprint density at radius 3 is 1.35 bits per heavy atom. The molecule has 0 spiro atoms. The number of piperidine rings is 3. The van der Waals surface area contributed by atoms with E-state index in [1.807, 2.05) is 53.6 Å². The number of nitrogens with one attached hydrogen (secondary N) is 2. The summed E-state index contributed by atoms with van der Waals surface area (Å²) in [5.74, 6) is 0.227. The SMILES string of the molecule is CC(C)(C)OC(=O)N1CCC(=O)CC1.COC1CCN(C2CCN(C(=O)OC(C)(C)C)CC2)C1.COC1CCN(C2CCNCC2)C1.COC1CCNC1. The van der Waals surface area contributed by atoms with E-state index in [4.69, 9.17) is 23.7 Å². The molecule has 2 N–H and O–H groups in total. The van der Waals surface area contributed by atoms with Crippen LogP contribution in [0.4, 0.5) is 9.59 Å². The van der Waals surface area contributed by atoms with E-state index in [1.54, 1.807) is 19.1 Å². The molecule has 6 fully saturated rings. The van der Waals surface area contributed by atoms with Gasteiger partial charge in [-0.15, -0.1) is 0 Å². The highest BCUT2D eigenvalue weighted by molar-refractivity contribution is 5.81. The van der Waals surface area contributed by atoms with Crippen LogP contribution < -0.4 is 10.6 Å². The maximum atomic E-state index is 12.0. The summed E-state index contributed by atoms with van der Waals surface area (Å²) in [6.45, 7) is 22.9. The quantitative estimate of drug-likeness (QED) is 0.417. The summed E-state index contributed by atoms with van der Waals surface area (Å²) in [6.07, 6.45) is 10.0. The second-order valence-electron chi connectivity index (χ2n) is 17.3. The van der Waals surface area contributed by atoms with E-state index < -0.39 is 11.2 Å². The van der Waals surface area contributed by atoms with Gasteiger partial charge in [-0.25, -0.2) is 9.59 Å². The number of rotatable bonds is 5. The second kappa shape index (κ2) is 23.2. The molecule has 3 unspecified atom stereocenters. The summed E-state index contributed by atoms with van der Waals surface area (Å²) in [4.78, 5) is 43.0. The Balaban J connectivity index is 0.000000204. The van der Waals surface area contributed by atoms with Crippen molar-refractivity contribution in [2.45, 2.75) is 141 Å². The van der Waals surface area contributed by atoms with E-state index in [2.05, 4.69) is 20.4 Å². The van der Waals surface area contributed by atoms with Gasteiger partial charge in [0.15, 0.2) is 0 Å². The van der Waals surface area contributed by atoms with Gasteiger partial charge in [0, 0.05) is 105 Å². The van der Waals surface area contributed by atoms with Crippen LogP contribution in [0.5, 0.6) is 0 Å². The Labute approximate surface area is 326 Å². The highest BCUT2D eigenvalue weighted by Crippen LogP contribution is 2.24. The van der Waals surface area contributed by atoms with Crippen LogP contribution in [0.15, 0.2) is 0 Å². The molecule has 54 heavy (non-hydrogen) atoms. The monoisotopic (exact) mass is 769 g/mol. The molecule has 6 aliphatic heterocycles. The van der Waals surface area contributed by atoms with Crippen molar-refractivity contribution in [2.24, 2.45) is 0 Å². The lowest BCUT2D eigenvalue weighted by molar-refractivity contribution is -0.121. The highest BCUT2D eigenvalue weighted by atomic mass is 16.6. The molecule has 0 bridgehead atoms. The van der Waals surface area contributed by atoms with E-state index in [1.165, 1.54) is 45.3 Å². The molecule has 6 rings (SSSR count). The summed E-state index contributed by atoms with van der Waals surface area (Å²) in [7, 11) is 5.38. The number of Topliss-reactive ketones (excluding diaryl/α,β-unsaturated/α-hetero) is 1. The van der Waals surface area contributed by atoms with Gasteiger partial charge in [0.2, 0.25) is 0 Å². The Morgan fingerprint density at radius 2 is 0.981 bits per heavy atom. The van der Waals surface area contributed by atoms with E-state index in [0.29, 0.717) is 50.3 Å². The van der Waals surface area contributed by atoms with E-state index >= 15 is 0 Å². The standard InChI is InChI=1S/C15H28N2O3.C10H20N2O.C10H17NO3.C5H11NO/c1-15(2,3)20-14(18)16-8-5-12(6-9-16)17-10-7-13(11-17)19-4;1-13-10-4-7-12(8-10)9-2-5-11-6-3-9;1-10(2,3)14-9(13)11-6-4-8(12)5-7-11;1-7-5-2-3-6-4-5/h12-13H,5-11H2,1-4H3;9-11H,2-8H2,1H3;4-7H2,1-3H3;5-6H,2-4H2,1H3. The summed E-state index contributed by atoms with van der Waals surface area (Å²) < 4.78 is 26.5. The van der Waals surface area contributed by atoms with Crippen LogP contribution in [0.3, 0.4) is 0 Å². The molecule has 14 nitrogen and oxygen atoms in total. The van der Waals surface area contributed by atoms with E-state index in [-0.39, 0.29) is 18.0 Å². The Kier molecular flexibility index (Phi) is 19.9. The van der Waals surface area contributed by atoms with Gasteiger partial charge in [0.25, 0.3) is 0 Å². The van der Waals surface area contributed by atoms with Crippen LogP contribution >= 0.6 is 0 Å². The Morgan fingerprint density at radius 1 is 0.556 bits per heavy atom. The van der Waals surface area contributed by atoms with Gasteiger partial charge in [-0.1, -0.05) is 0 Å². The van der Waals surface area contributed by atoms with Crippen molar-refractivity contribution in [3.63, 3.8) is 0 Å². The minimum atomic E-state index is -0.460. The first kappa shape index (κ1) is 46.3. The maximum Gasteiger partial charge on any atom is 0.410 e. The fraction of sp³-hybridized carbons (Fsp3) is 0.925. The zero-order valence-electron chi connectivity index (χ0n) is 35.3. The maximum absolute atomic E-state index is 12.0. The first-order valence-corrected chi connectivity index (χ1v) is 20.6. The second-order valence-corrected chi connectivity index (χ2v) is 17.3. The van der Waals surface area contributed by atoms with Crippen LogP contribution in [0.1, 0.15) is 99.3 Å². The molecule has 0 aromatic heterocycles. The molecule has 6 heterocycles. The minimum Gasteiger partial charge on any atom is -0.444 e. The van der Waals surface area contributed by atoms with Gasteiger partial charge in [-0.3, -0.25) is 14.6 Å². The van der Waals surface area contributed by atoms with Crippen LogP contribution in [0.25, 0.3) is 0 Å². The van der Waals surface area contributed by atoms with Gasteiger partial charge in [0.05, 0.1) is 18.3 Å². The van der Waals surface area contributed by atoms with Crippen molar-refractivity contribution in [2.75, 3.05) is 99.9 Å². The molecule has 0 aromatic rings. The topological polar surface area (TPSA) is 134 Å². The summed E-state index contributed by atoms with van der Waals surface area (Å²) in [6, 6.07) is 1.41. The molecular weight excluding hydrogens is 692 g/mol. The van der Waals surface area contributed by atoms with Crippen LogP contribution in [0.2, 0.25) is 0 Å². The van der Waals surface area contributed by atoms with E-state index in [9.17, 15) is 14.4 Å². The van der Waals surface area contributed by atoms with Crippen LogP contribution in [-0.4, -0.2) is 179 Å². The Hall–Kier alpha value is -2.07. The summed E-state index contributed by atoms with van der Waals surface area (Å²) in [5, 5.41) is 6.60. The number of carbonyl (C=O) groups excluding carboxylic acids is 3.